The highest BCUT2D eigenvalue weighted by molar-refractivity contribution is 7.89. The molecule has 3 heterocycles. The lowest BCUT2D eigenvalue weighted by Crippen LogP contribution is -2.51. The van der Waals surface area contributed by atoms with Crippen molar-refractivity contribution in [3.8, 4) is 0 Å². The number of ether oxygens (including phenoxy) is 2. The number of sulfonamides is 1. The van der Waals surface area contributed by atoms with E-state index in [-0.39, 0.29) is 42.6 Å². The van der Waals surface area contributed by atoms with Crippen molar-refractivity contribution in [3.63, 3.8) is 0 Å². The molecule has 0 unspecified atom stereocenters. The second-order valence-corrected chi connectivity index (χ2v) is 16.5. The van der Waals surface area contributed by atoms with Crippen molar-refractivity contribution in [1.29, 1.82) is 0 Å². The van der Waals surface area contributed by atoms with Gasteiger partial charge < -0.3 is 24.8 Å². The van der Waals surface area contributed by atoms with Crippen molar-refractivity contribution < 1.29 is 27.8 Å². The molecule has 2 aliphatic heterocycles. The number of piperazine rings is 1. The first-order chi connectivity index (χ1) is 27.6. The number of hydrogen-bond donors (Lipinski definition) is 3. The Kier molecular flexibility index (Phi) is 13.0. The largest absolute Gasteiger partial charge is 0.392 e. The van der Waals surface area contributed by atoms with E-state index in [9.17, 15) is 18.3 Å². The Morgan fingerprint density at radius 3 is 2.12 bits per heavy atom. The third-order valence-corrected chi connectivity index (χ3v) is 12.2. The quantitative estimate of drug-likeness (QED) is 0.139. The minimum Gasteiger partial charge on any atom is -0.392 e. The van der Waals surface area contributed by atoms with Crippen LogP contribution in [0.5, 0.6) is 0 Å². The van der Waals surface area contributed by atoms with E-state index in [1.54, 1.807) is 24.5 Å². The lowest BCUT2D eigenvalue weighted by Gasteiger charge is -2.44. The number of hydrogen-bond acceptors (Lipinski definition) is 10. The van der Waals surface area contributed by atoms with Crippen LogP contribution in [0.1, 0.15) is 52.7 Å². The molecular weight excluding hydrogens is 741 g/mol. The van der Waals surface area contributed by atoms with Crippen molar-refractivity contribution in [2.75, 3.05) is 37.6 Å². The van der Waals surface area contributed by atoms with E-state index >= 15 is 0 Å². The predicted molar refractivity (Wildman–Crippen MR) is 217 cm³/mol. The van der Waals surface area contributed by atoms with Crippen molar-refractivity contribution in [1.82, 2.24) is 24.9 Å². The normalized spacial score (nSPS) is 20.9. The summed E-state index contributed by atoms with van der Waals surface area (Å²) in [6, 6.07) is 32.3. The van der Waals surface area contributed by atoms with Gasteiger partial charge in [0.15, 0.2) is 6.29 Å². The second-order valence-electron chi connectivity index (χ2n) is 14.8. The predicted octanol–water partition coefficient (Wildman–Crippen LogP) is 5.10. The fourth-order valence-corrected chi connectivity index (χ4v) is 8.48. The first-order valence-corrected chi connectivity index (χ1v) is 20.9. The van der Waals surface area contributed by atoms with Crippen molar-refractivity contribution in [3.05, 3.63) is 155 Å². The topological polar surface area (TPSA) is 146 Å². The van der Waals surface area contributed by atoms with Crippen molar-refractivity contribution in [2.24, 2.45) is 5.92 Å². The minimum absolute atomic E-state index is 0.0285. The molecule has 1 aromatic heterocycles. The molecule has 7 rings (SSSR count). The highest BCUT2D eigenvalue weighted by atomic mass is 32.2. The molecule has 13 heteroatoms. The van der Waals surface area contributed by atoms with Crippen LogP contribution in [0.15, 0.2) is 126 Å². The molecule has 0 saturated carbocycles. The number of aryl methyl sites for hydroxylation is 1. The van der Waals surface area contributed by atoms with E-state index in [1.807, 2.05) is 91.9 Å². The summed E-state index contributed by atoms with van der Waals surface area (Å²) >= 11 is 0. The monoisotopic (exact) mass is 790 g/mol. The van der Waals surface area contributed by atoms with Gasteiger partial charge in [-0.1, -0.05) is 103 Å². The van der Waals surface area contributed by atoms with Crippen LogP contribution < -0.4 is 14.9 Å². The summed E-state index contributed by atoms with van der Waals surface area (Å²) in [4.78, 5) is 27.2. The Hall–Kier alpha value is -5.02. The highest BCUT2D eigenvalue weighted by Crippen LogP contribution is 2.42. The van der Waals surface area contributed by atoms with Gasteiger partial charge in [0, 0.05) is 63.1 Å². The molecule has 2 fully saturated rings. The van der Waals surface area contributed by atoms with Crippen LogP contribution >= 0.6 is 0 Å². The van der Waals surface area contributed by atoms with Gasteiger partial charge in [-0.15, -0.1) is 0 Å². The van der Waals surface area contributed by atoms with Crippen LogP contribution in [-0.2, 0) is 43.9 Å². The van der Waals surface area contributed by atoms with Gasteiger partial charge in [0.2, 0.25) is 21.9 Å². The number of anilines is 1. The van der Waals surface area contributed by atoms with E-state index in [0.717, 1.165) is 72.1 Å². The third-order valence-electron chi connectivity index (χ3n) is 10.7. The maximum absolute atomic E-state index is 13.6. The van der Waals surface area contributed by atoms with Gasteiger partial charge in [0.1, 0.15) is 6.04 Å². The maximum atomic E-state index is 13.6. The Morgan fingerprint density at radius 2 is 1.46 bits per heavy atom. The minimum atomic E-state index is -3.96. The van der Waals surface area contributed by atoms with E-state index in [0.29, 0.717) is 0 Å². The molecule has 5 atom stereocenters. The lowest BCUT2D eigenvalue weighted by atomic mass is 9.90. The molecule has 298 valence electrons. The molecule has 5 aromatic rings. The van der Waals surface area contributed by atoms with Gasteiger partial charge in [-0.3, -0.25) is 9.69 Å². The molecule has 57 heavy (non-hydrogen) atoms. The zero-order chi connectivity index (χ0) is 39.8. The molecule has 4 aromatic carbocycles. The van der Waals surface area contributed by atoms with Crippen LogP contribution in [-0.4, -0.2) is 79.2 Å². The maximum Gasteiger partial charge on any atom is 0.241 e. The number of carbonyl (C=O) groups is 1. The number of aliphatic hydroxyl groups is 1. The summed E-state index contributed by atoms with van der Waals surface area (Å²) in [6.45, 7) is 8.30. The number of nitrogens with zero attached hydrogens (tertiary/aromatic N) is 4. The van der Waals surface area contributed by atoms with Crippen molar-refractivity contribution >= 4 is 21.9 Å². The van der Waals surface area contributed by atoms with Crippen molar-refractivity contribution in [2.45, 2.75) is 62.9 Å². The molecule has 0 radical (unpaired) electrons. The van der Waals surface area contributed by atoms with E-state index in [4.69, 9.17) is 9.47 Å². The summed E-state index contributed by atoms with van der Waals surface area (Å²) in [5.74, 6) is 0.358. The van der Waals surface area contributed by atoms with Crippen LogP contribution in [0.3, 0.4) is 0 Å². The molecule has 2 aliphatic rings. The Balaban J connectivity index is 1.03. The van der Waals surface area contributed by atoms with E-state index in [1.165, 1.54) is 12.1 Å². The molecule has 12 nitrogen and oxygen atoms in total. The highest BCUT2D eigenvalue weighted by Gasteiger charge is 2.39. The summed E-state index contributed by atoms with van der Waals surface area (Å²) < 4.78 is 42.7. The zero-order valence-electron chi connectivity index (χ0n) is 32.3. The summed E-state index contributed by atoms with van der Waals surface area (Å²) in [5, 5.41) is 12.6. The van der Waals surface area contributed by atoms with Crippen LogP contribution in [0.4, 0.5) is 5.95 Å². The van der Waals surface area contributed by atoms with Crippen LogP contribution in [0, 0.1) is 12.8 Å². The Bertz CT molecular complexity index is 2150. The molecule has 2 saturated heterocycles. The zero-order valence-corrected chi connectivity index (χ0v) is 33.1. The smallest absolute Gasteiger partial charge is 0.241 e. The second kappa shape index (κ2) is 18.5. The number of aromatic nitrogens is 2. The fraction of sp³-hybridized carbons (Fsp3) is 0.341. The molecule has 0 aliphatic carbocycles. The van der Waals surface area contributed by atoms with Gasteiger partial charge in [0.25, 0.3) is 0 Å². The summed E-state index contributed by atoms with van der Waals surface area (Å²) in [7, 11) is -3.96. The molecule has 0 spiro atoms. The number of nitrogens with one attached hydrogen (secondary N) is 2. The van der Waals surface area contributed by atoms with E-state index in [2.05, 4.69) is 36.7 Å². The Morgan fingerprint density at radius 1 is 0.807 bits per heavy atom. The molecular formula is C44H50N6O6S. The lowest BCUT2D eigenvalue weighted by molar-refractivity contribution is -0.276. The average Bonchev–Trinajstić information content (AvgIpc) is 3.24. The number of benzene rings is 4. The molecule has 3 N–H and O–H groups in total. The fourth-order valence-electron chi connectivity index (χ4n) is 7.28. The average molecular weight is 791 g/mol. The van der Waals surface area contributed by atoms with Crippen LogP contribution in [0.25, 0.3) is 0 Å². The van der Waals surface area contributed by atoms with Crippen LogP contribution in [0.2, 0.25) is 0 Å². The number of aliphatic hydroxyl groups excluding tert-OH is 1. The SMILES string of the molecule is Cc1ccc(S(=O)(=O)N[C@H](Cc2ccccc2)C(=O)NCc2ccc([C@@H]3O[C@H](CN4CCN(c5ncccn5)CC4)[C@H](C)[C@H](c4ccc(CO)cc4)O3)cc2)cc1. The molecule has 1 amide bonds. The first-order valence-electron chi connectivity index (χ1n) is 19.4. The van der Waals surface area contributed by atoms with Gasteiger partial charge in [-0.25, -0.2) is 18.4 Å². The van der Waals surface area contributed by atoms with Gasteiger partial charge >= 0.3 is 0 Å². The first kappa shape index (κ1) is 40.2. The van der Waals surface area contributed by atoms with Gasteiger partial charge in [0.05, 0.1) is 23.7 Å². The number of amides is 1. The van der Waals surface area contributed by atoms with Gasteiger partial charge in [-0.05, 0) is 53.8 Å². The summed E-state index contributed by atoms with van der Waals surface area (Å²) in [6.07, 6.45) is 2.72. The standard InChI is InChI=1S/C44H50N6O6S/c1-31-9-19-38(20-10-31)57(53,54)48-39(27-33-7-4-3-5-8-33)42(52)47-28-34-11-17-37(18-12-34)43-55-40(32(2)41(56-43)36-15-13-35(30-51)14-16-36)29-49-23-25-50(26-24-49)44-45-21-6-22-46-44/h3-22,32,39-41,43,48,51H,23-30H2,1-2H3,(H,47,52)/t32-,39+,40+,41+,43+/m0/s1. The van der Waals surface area contributed by atoms with Gasteiger partial charge in [-0.2, -0.15) is 4.72 Å². The number of rotatable bonds is 14. The molecule has 0 bridgehead atoms. The van der Waals surface area contributed by atoms with E-state index < -0.39 is 28.3 Å². The Labute approximate surface area is 334 Å². The summed E-state index contributed by atoms with van der Waals surface area (Å²) in [5.41, 5.74) is 5.31. The number of carbonyl (C=O) groups excluding carboxylic acids is 1. The third kappa shape index (κ3) is 10.3.